The van der Waals surface area contributed by atoms with Crippen LogP contribution in [0.4, 0.5) is 0 Å². The minimum absolute atomic E-state index is 0.369. The van der Waals surface area contributed by atoms with Crippen LogP contribution in [0.15, 0.2) is 4.52 Å². The van der Waals surface area contributed by atoms with Gasteiger partial charge in [0.2, 0.25) is 5.82 Å². The van der Waals surface area contributed by atoms with Gasteiger partial charge in [-0.15, -0.1) is 11.3 Å². The van der Waals surface area contributed by atoms with E-state index >= 15 is 0 Å². The maximum Gasteiger partial charge on any atom is 0.270 e. The zero-order valence-corrected chi connectivity index (χ0v) is 13.2. The molecule has 0 radical (unpaired) electrons. The molecule has 1 aliphatic rings. The first-order chi connectivity index (χ1) is 10.2. The quantitative estimate of drug-likeness (QED) is 0.914. The van der Waals surface area contributed by atoms with Gasteiger partial charge in [0.25, 0.3) is 5.89 Å². The first-order valence-electron chi connectivity index (χ1n) is 7.33. The molecule has 2 heterocycles. The largest absolute Gasteiger partial charge is 0.367 e. The van der Waals surface area contributed by atoms with Crippen molar-refractivity contribution in [2.24, 2.45) is 5.73 Å². The van der Waals surface area contributed by atoms with Crippen LogP contribution >= 0.6 is 11.3 Å². The van der Waals surface area contributed by atoms with Crippen molar-refractivity contribution in [2.45, 2.75) is 51.7 Å². The van der Waals surface area contributed by atoms with E-state index in [4.69, 9.17) is 15.0 Å². The van der Waals surface area contributed by atoms with Crippen LogP contribution in [0, 0.1) is 6.92 Å². The van der Waals surface area contributed by atoms with Crippen molar-refractivity contribution in [3.63, 3.8) is 0 Å². The third-order valence-electron chi connectivity index (χ3n) is 3.88. The van der Waals surface area contributed by atoms with E-state index in [9.17, 15) is 0 Å². The number of nitrogens with two attached hydrogens (primary N) is 1. The van der Waals surface area contributed by atoms with Gasteiger partial charge in [0.1, 0.15) is 15.5 Å². The van der Waals surface area contributed by atoms with Gasteiger partial charge in [-0.2, -0.15) is 4.98 Å². The molecule has 2 aromatic heterocycles. The van der Waals surface area contributed by atoms with Gasteiger partial charge < -0.3 is 15.0 Å². The molecule has 2 N–H and O–H groups in total. The van der Waals surface area contributed by atoms with Crippen LogP contribution in [0.5, 0.6) is 0 Å². The average molecular weight is 308 g/mol. The lowest BCUT2D eigenvalue weighted by Gasteiger charge is -2.24. The summed E-state index contributed by atoms with van der Waals surface area (Å²) < 4.78 is 11.4. The molecular weight excluding hydrogens is 288 g/mol. The van der Waals surface area contributed by atoms with Crippen molar-refractivity contribution in [1.82, 2.24) is 15.1 Å². The smallest absolute Gasteiger partial charge is 0.270 e. The van der Waals surface area contributed by atoms with Gasteiger partial charge in [-0.3, -0.25) is 0 Å². The molecule has 0 amide bonds. The van der Waals surface area contributed by atoms with E-state index in [1.807, 2.05) is 13.8 Å². The Morgan fingerprint density at radius 2 is 2.10 bits per heavy atom. The Balaban J connectivity index is 1.93. The molecular formula is C14H20N4O2S. The molecule has 0 aliphatic heterocycles. The van der Waals surface area contributed by atoms with Crippen molar-refractivity contribution in [3.8, 4) is 10.8 Å². The Labute approximate surface area is 127 Å². The van der Waals surface area contributed by atoms with Gasteiger partial charge in [-0.25, -0.2) is 4.98 Å². The molecule has 6 nitrogen and oxygen atoms in total. The molecule has 0 unspecified atom stereocenters. The van der Waals surface area contributed by atoms with Crippen molar-refractivity contribution < 1.29 is 9.26 Å². The minimum atomic E-state index is -0.369. The molecule has 7 heteroatoms. The van der Waals surface area contributed by atoms with Gasteiger partial charge in [0.05, 0.1) is 5.69 Å². The predicted molar refractivity (Wildman–Crippen MR) is 79.8 cm³/mol. The molecule has 114 valence electrons. The van der Waals surface area contributed by atoms with E-state index in [1.54, 1.807) is 0 Å². The fraction of sp³-hybridized carbons (Fsp3) is 0.643. The summed E-state index contributed by atoms with van der Waals surface area (Å²) in [5, 5.41) is 5.06. The lowest BCUT2D eigenvalue weighted by atomic mass is 10.0. The summed E-state index contributed by atoms with van der Waals surface area (Å²) in [5.74, 6) is 1.18. The Morgan fingerprint density at radius 1 is 1.33 bits per heavy atom. The van der Waals surface area contributed by atoms with Crippen molar-refractivity contribution in [2.75, 3.05) is 6.61 Å². The molecule has 0 bridgehead atoms. The number of rotatable bonds is 5. The number of hydrogen-bond donors (Lipinski definition) is 1. The van der Waals surface area contributed by atoms with E-state index in [0.717, 1.165) is 41.3 Å². The lowest BCUT2D eigenvalue weighted by molar-refractivity contribution is -0.0469. The average Bonchev–Trinajstić information content (AvgIpc) is 3.17. The van der Waals surface area contributed by atoms with Crippen LogP contribution < -0.4 is 5.73 Å². The summed E-state index contributed by atoms with van der Waals surface area (Å²) >= 11 is 1.51. The van der Waals surface area contributed by atoms with Crippen LogP contribution in [0.1, 0.15) is 49.1 Å². The van der Waals surface area contributed by atoms with E-state index in [1.165, 1.54) is 11.3 Å². The van der Waals surface area contributed by atoms with Crippen LogP contribution in [0.25, 0.3) is 10.8 Å². The molecule has 1 fully saturated rings. The highest BCUT2D eigenvalue weighted by Crippen LogP contribution is 2.41. The summed E-state index contributed by atoms with van der Waals surface area (Å²) in [5.41, 5.74) is 6.15. The highest BCUT2D eigenvalue weighted by atomic mass is 32.1. The highest BCUT2D eigenvalue weighted by Gasteiger charge is 2.41. The van der Waals surface area contributed by atoms with Crippen LogP contribution in [-0.2, 0) is 16.9 Å². The lowest BCUT2D eigenvalue weighted by Crippen LogP contribution is -2.27. The van der Waals surface area contributed by atoms with E-state index < -0.39 is 0 Å². The summed E-state index contributed by atoms with van der Waals surface area (Å²) in [4.78, 5) is 9.89. The Kier molecular flexibility index (Phi) is 4.05. The Hall–Kier alpha value is -1.31. The third-order valence-corrected chi connectivity index (χ3v) is 5.04. The van der Waals surface area contributed by atoms with Crippen molar-refractivity contribution in [3.05, 3.63) is 16.5 Å². The molecule has 1 saturated carbocycles. The number of nitrogens with zero attached hydrogens (tertiary/aromatic N) is 3. The predicted octanol–water partition coefficient (Wildman–Crippen LogP) is 2.77. The van der Waals surface area contributed by atoms with E-state index in [0.29, 0.717) is 24.9 Å². The standard InChI is InChI=1S/C14H20N4O2S/c1-3-19-14(6-4-5-7-14)13-17-12(20-18-13)11-9(2)16-10(8-15)21-11/h3-8,15H2,1-2H3. The maximum atomic E-state index is 5.97. The molecule has 21 heavy (non-hydrogen) atoms. The third kappa shape index (κ3) is 2.61. The van der Waals surface area contributed by atoms with Gasteiger partial charge in [0.15, 0.2) is 0 Å². The molecule has 0 saturated heterocycles. The molecule has 0 atom stereocenters. The van der Waals surface area contributed by atoms with Gasteiger partial charge in [-0.05, 0) is 39.5 Å². The maximum absolute atomic E-state index is 5.97. The first-order valence-corrected chi connectivity index (χ1v) is 8.15. The Morgan fingerprint density at radius 3 is 2.71 bits per heavy atom. The minimum Gasteiger partial charge on any atom is -0.367 e. The zero-order chi connectivity index (χ0) is 14.9. The number of hydrogen-bond acceptors (Lipinski definition) is 7. The molecule has 3 rings (SSSR count). The number of ether oxygens (including phenoxy) is 1. The monoisotopic (exact) mass is 308 g/mol. The second-order valence-corrected chi connectivity index (χ2v) is 6.37. The highest BCUT2D eigenvalue weighted by molar-refractivity contribution is 7.15. The van der Waals surface area contributed by atoms with Crippen LogP contribution in [0.3, 0.4) is 0 Å². The fourth-order valence-electron chi connectivity index (χ4n) is 2.89. The molecule has 0 aromatic carbocycles. The van der Waals surface area contributed by atoms with Crippen LogP contribution in [-0.4, -0.2) is 21.7 Å². The number of aryl methyl sites for hydroxylation is 1. The van der Waals surface area contributed by atoms with Gasteiger partial charge in [-0.1, -0.05) is 5.16 Å². The summed E-state index contributed by atoms with van der Waals surface area (Å²) in [7, 11) is 0. The fourth-order valence-corrected chi connectivity index (χ4v) is 3.76. The second kappa shape index (κ2) is 5.82. The Bertz CT molecular complexity index is 616. The normalized spacial score (nSPS) is 17.5. The zero-order valence-electron chi connectivity index (χ0n) is 12.4. The SMILES string of the molecule is CCOC1(c2noc(-c3sc(CN)nc3C)n2)CCCC1. The van der Waals surface area contributed by atoms with Crippen molar-refractivity contribution >= 4 is 11.3 Å². The number of aromatic nitrogens is 3. The van der Waals surface area contributed by atoms with Crippen LogP contribution in [0.2, 0.25) is 0 Å². The number of thiazole rings is 1. The van der Waals surface area contributed by atoms with Gasteiger partial charge in [0, 0.05) is 13.2 Å². The van der Waals surface area contributed by atoms with Crippen molar-refractivity contribution in [1.29, 1.82) is 0 Å². The molecule has 2 aromatic rings. The molecule has 1 aliphatic carbocycles. The second-order valence-electron chi connectivity index (χ2n) is 5.28. The van der Waals surface area contributed by atoms with E-state index in [2.05, 4.69) is 15.1 Å². The molecule has 0 spiro atoms. The van der Waals surface area contributed by atoms with Gasteiger partial charge >= 0.3 is 0 Å². The summed E-state index contributed by atoms with van der Waals surface area (Å²) in [6.45, 7) is 5.01. The topological polar surface area (TPSA) is 87.1 Å². The first kappa shape index (κ1) is 14.6. The summed E-state index contributed by atoms with van der Waals surface area (Å²) in [6, 6.07) is 0. The summed E-state index contributed by atoms with van der Waals surface area (Å²) in [6.07, 6.45) is 4.19. The van der Waals surface area contributed by atoms with E-state index in [-0.39, 0.29) is 5.60 Å².